The molecule has 0 aliphatic carbocycles. The van der Waals surface area contributed by atoms with E-state index in [9.17, 15) is 8.42 Å². The summed E-state index contributed by atoms with van der Waals surface area (Å²) in [6.45, 7) is 4.02. The molecule has 0 aliphatic rings. The molecule has 0 saturated carbocycles. The number of nitriles is 1. The maximum absolute atomic E-state index is 12.7. The van der Waals surface area contributed by atoms with Gasteiger partial charge in [-0.25, -0.2) is 8.42 Å². The summed E-state index contributed by atoms with van der Waals surface area (Å²) in [5.74, 6) is 0. The first-order valence-electron chi connectivity index (χ1n) is 7.64. The van der Waals surface area contributed by atoms with Gasteiger partial charge in [-0.15, -0.1) is 0 Å². The van der Waals surface area contributed by atoms with Gasteiger partial charge in [-0.3, -0.25) is 9.40 Å². The van der Waals surface area contributed by atoms with Crippen LogP contribution in [0.3, 0.4) is 0 Å². The molecule has 136 valence electrons. The van der Waals surface area contributed by atoms with Gasteiger partial charge in [0.1, 0.15) is 11.0 Å². The molecule has 1 aromatic carbocycles. The lowest BCUT2D eigenvalue weighted by molar-refractivity contribution is 0.408. The molecule has 8 nitrogen and oxygen atoms in total. The zero-order chi connectivity index (χ0) is 19.1. The van der Waals surface area contributed by atoms with E-state index in [2.05, 4.69) is 14.8 Å². The van der Waals surface area contributed by atoms with Crippen molar-refractivity contribution in [3.05, 3.63) is 41.3 Å². The van der Waals surface area contributed by atoms with E-state index in [0.29, 0.717) is 28.0 Å². The summed E-state index contributed by atoms with van der Waals surface area (Å²) in [5, 5.41) is 14.0. The third kappa shape index (κ3) is 3.53. The Bertz CT molecular complexity index is 1120. The molecule has 0 spiro atoms. The summed E-state index contributed by atoms with van der Waals surface area (Å²) in [6, 6.07) is 5.09. The Balaban J connectivity index is 1.96. The van der Waals surface area contributed by atoms with Gasteiger partial charge in [0, 0.05) is 23.3 Å². The van der Waals surface area contributed by atoms with Gasteiger partial charge in [-0.05, 0) is 26.0 Å². The largest absolute Gasteiger partial charge is 0.358 e. The molecule has 0 bridgehead atoms. The standard InChI is InChI=1S/C16H17ClN6O2S/c1-16(2,19)9-23-8-11(7-21-23)26(24,25)22-13-4-3-12(17)14-10(5-18)6-20-15(13)14/h3-4,6-8,20,22H,9,19H2,1-2H3. The number of aromatic nitrogens is 3. The van der Waals surface area contributed by atoms with Crippen LogP contribution < -0.4 is 10.5 Å². The zero-order valence-electron chi connectivity index (χ0n) is 14.1. The number of sulfonamides is 1. The van der Waals surface area contributed by atoms with Crippen molar-refractivity contribution in [3.8, 4) is 6.07 Å². The Morgan fingerprint density at radius 3 is 2.85 bits per heavy atom. The van der Waals surface area contributed by atoms with Crippen molar-refractivity contribution in [2.45, 2.75) is 30.8 Å². The van der Waals surface area contributed by atoms with E-state index >= 15 is 0 Å². The topological polar surface area (TPSA) is 130 Å². The van der Waals surface area contributed by atoms with Gasteiger partial charge in [0.05, 0.1) is 34.5 Å². The van der Waals surface area contributed by atoms with Crippen LogP contribution in [0.15, 0.2) is 35.6 Å². The van der Waals surface area contributed by atoms with Gasteiger partial charge < -0.3 is 10.7 Å². The van der Waals surface area contributed by atoms with Crippen LogP contribution in [0.1, 0.15) is 19.4 Å². The van der Waals surface area contributed by atoms with Crippen LogP contribution in [-0.4, -0.2) is 28.7 Å². The Kier molecular flexibility index (Phi) is 4.44. The SMILES string of the molecule is CC(C)(N)Cn1cc(S(=O)(=O)Nc2ccc(Cl)c3c(C#N)c[nH]c23)cn1. The minimum Gasteiger partial charge on any atom is -0.358 e. The van der Waals surface area contributed by atoms with Crippen LogP contribution in [0.5, 0.6) is 0 Å². The molecule has 3 aromatic rings. The predicted octanol–water partition coefficient (Wildman–Crippen LogP) is 2.43. The number of anilines is 1. The Labute approximate surface area is 155 Å². The average molecular weight is 393 g/mol. The maximum atomic E-state index is 12.7. The molecule has 2 aromatic heterocycles. The summed E-state index contributed by atoms with van der Waals surface area (Å²) in [5.41, 5.74) is 6.47. The molecular weight excluding hydrogens is 376 g/mol. The summed E-state index contributed by atoms with van der Waals surface area (Å²) >= 11 is 6.13. The highest BCUT2D eigenvalue weighted by atomic mass is 35.5. The third-order valence-electron chi connectivity index (χ3n) is 3.64. The van der Waals surface area contributed by atoms with Gasteiger partial charge in [0.2, 0.25) is 0 Å². The Morgan fingerprint density at radius 2 is 2.19 bits per heavy atom. The van der Waals surface area contributed by atoms with Crippen molar-refractivity contribution >= 4 is 38.2 Å². The van der Waals surface area contributed by atoms with E-state index in [1.165, 1.54) is 35.4 Å². The fraction of sp³-hybridized carbons (Fsp3) is 0.250. The van der Waals surface area contributed by atoms with Gasteiger partial charge in [-0.1, -0.05) is 11.6 Å². The van der Waals surface area contributed by atoms with Crippen molar-refractivity contribution in [2.24, 2.45) is 5.73 Å². The minimum atomic E-state index is -3.87. The number of rotatable bonds is 5. The summed E-state index contributed by atoms with van der Waals surface area (Å²) in [7, 11) is -3.87. The van der Waals surface area contributed by atoms with Crippen LogP contribution in [-0.2, 0) is 16.6 Å². The fourth-order valence-electron chi connectivity index (χ4n) is 2.57. The number of aromatic amines is 1. The van der Waals surface area contributed by atoms with Crippen LogP contribution in [0.2, 0.25) is 5.02 Å². The average Bonchev–Trinajstić information content (AvgIpc) is 3.15. The number of nitrogens with zero attached hydrogens (tertiary/aromatic N) is 3. The van der Waals surface area contributed by atoms with Crippen molar-refractivity contribution in [1.29, 1.82) is 5.26 Å². The second kappa shape index (κ2) is 6.32. The van der Waals surface area contributed by atoms with E-state index in [1.807, 2.05) is 19.9 Å². The van der Waals surface area contributed by atoms with E-state index in [4.69, 9.17) is 22.6 Å². The Morgan fingerprint density at radius 1 is 1.46 bits per heavy atom. The van der Waals surface area contributed by atoms with Gasteiger partial charge >= 0.3 is 0 Å². The molecule has 2 heterocycles. The van der Waals surface area contributed by atoms with E-state index < -0.39 is 15.6 Å². The maximum Gasteiger partial charge on any atom is 0.265 e. The highest BCUT2D eigenvalue weighted by molar-refractivity contribution is 7.92. The fourth-order valence-corrected chi connectivity index (χ4v) is 3.85. The lowest BCUT2D eigenvalue weighted by Gasteiger charge is -2.17. The second-order valence-corrected chi connectivity index (χ2v) is 8.72. The van der Waals surface area contributed by atoms with Crippen molar-refractivity contribution in [3.63, 3.8) is 0 Å². The molecule has 0 atom stereocenters. The lowest BCUT2D eigenvalue weighted by atomic mass is 10.1. The van der Waals surface area contributed by atoms with Crippen molar-refractivity contribution < 1.29 is 8.42 Å². The lowest BCUT2D eigenvalue weighted by Crippen LogP contribution is -2.37. The quantitative estimate of drug-likeness (QED) is 0.613. The molecule has 4 N–H and O–H groups in total. The molecule has 0 fully saturated rings. The van der Waals surface area contributed by atoms with Crippen molar-refractivity contribution in [2.75, 3.05) is 4.72 Å². The molecular formula is C16H17ClN6O2S. The molecule has 0 aliphatic heterocycles. The number of fused-ring (bicyclic) bond motifs is 1. The first kappa shape index (κ1) is 18.3. The van der Waals surface area contributed by atoms with Crippen LogP contribution in [0.25, 0.3) is 10.9 Å². The molecule has 0 amide bonds. The predicted molar refractivity (Wildman–Crippen MR) is 99.3 cm³/mol. The van der Waals surface area contributed by atoms with E-state index in [0.717, 1.165) is 0 Å². The van der Waals surface area contributed by atoms with Crippen LogP contribution >= 0.6 is 11.6 Å². The molecule has 26 heavy (non-hydrogen) atoms. The number of halogens is 1. The summed E-state index contributed by atoms with van der Waals surface area (Å²) in [6.07, 6.45) is 4.16. The highest BCUT2D eigenvalue weighted by Gasteiger charge is 2.21. The van der Waals surface area contributed by atoms with Gasteiger partial charge in [0.15, 0.2) is 0 Å². The number of benzene rings is 1. The first-order chi connectivity index (χ1) is 12.1. The number of nitrogens with two attached hydrogens (primary N) is 1. The second-order valence-electron chi connectivity index (χ2n) is 6.63. The molecule has 3 rings (SSSR count). The smallest absolute Gasteiger partial charge is 0.265 e. The molecule has 0 radical (unpaired) electrons. The van der Waals surface area contributed by atoms with Crippen LogP contribution in [0, 0.1) is 11.3 Å². The Hall–Kier alpha value is -2.54. The first-order valence-corrected chi connectivity index (χ1v) is 9.51. The number of hydrogen-bond donors (Lipinski definition) is 3. The number of nitrogens with one attached hydrogen (secondary N) is 2. The van der Waals surface area contributed by atoms with Gasteiger partial charge in [-0.2, -0.15) is 10.4 Å². The zero-order valence-corrected chi connectivity index (χ0v) is 15.7. The monoisotopic (exact) mass is 392 g/mol. The highest BCUT2D eigenvalue weighted by Crippen LogP contribution is 2.32. The third-order valence-corrected chi connectivity index (χ3v) is 5.27. The van der Waals surface area contributed by atoms with Crippen LogP contribution in [0.4, 0.5) is 5.69 Å². The molecule has 10 heteroatoms. The van der Waals surface area contributed by atoms with Crippen molar-refractivity contribution in [1.82, 2.24) is 14.8 Å². The number of H-pyrrole nitrogens is 1. The molecule has 0 unspecified atom stereocenters. The normalized spacial score (nSPS) is 12.3. The number of hydrogen-bond acceptors (Lipinski definition) is 5. The molecule has 0 saturated heterocycles. The van der Waals surface area contributed by atoms with E-state index in [1.54, 1.807) is 0 Å². The van der Waals surface area contributed by atoms with Gasteiger partial charge in [0.25, 0.3) is 10.0 Å². The summed E-state index contributed by atoms with van der Waals surface area (Å²) in [4.78, 5) is 2.90. The van der Waals surface area contributed by atoms with E-state index in [-0.39, 0.29) is 10.6 Å². The summed E-state index contributed by atoms with van der Waals surface area (Å²) < 4.78 is 29.3. The minimum absolute atomic E-state index is 0.0110.